The van der Waals surface area contributed by atoms with Crippen LogP contribution in [0.3, 0.4) is 0 Å². The first kappa shape index (κ1) is 25.0. The Balaban J connectivity index is 0.000000383. The molecule has 1 heterocycles. The number of carbonyl (C=O) groups excluding carboxylic acids is 2. The molecule has 1 saturated carbocycles. The number of benzene rings is 1. The quantitative estimate of drug-likeness (QED) is 0.612. The number of carboxylic acids is 1. The number of hydrogen-bond acceptors (Lipinski definition) is 5. The first-order valence-electron chi connectivity index (χ1n) is 10.7. The predicted octanol–water partition coefficient (Wildman–Crippen LogP) is 1.37. The molecule has 2 amide bonds. The van der Waals surface area contributed by atoms with Gasteiger partial charge in [0.1, 0.15) is 0 Å². The molecule has 11 heteroatoms. The molecule has 33 heavy (non-hydrogen) atoms. The van der Waals surface area contributed by atoms with Gasteiger partial charge >= 0.3 is 12.1 Å². The Morgan fingerprint density at radius 3 is 2.21 bits per heavy atom. The first-order valence-corrected chi connectivity index (χ1v) is 10.7. The fraction of sp³-hybridized carbons (Fsp3) is 0.591. The fourth-order valence-electron chi connectivity index (χ4n) is 4.66. The van der Waals surface area contributed by atoms with E-state index in [4.69, 9.17) is 9.90 Å². The van der Waals surface area contributed by atoms with E-state index in [1.54, 1.807) is 19.0 Å². The van der Waals surface area contributed by atoms with Crippen LogP contribution in [0.1, 0.15) is 35.9 Å². The van der Waals surface area contributed by atoms with Gasteiger partial charge in [-0.15, -0.1) is 0 Å². The third-order valence-electron chi connectivity index (χ3n) is 6.48. The summed E-state index contributed by atoms with van der Waals surface area (Å²) in [6.07, 6.45) is -4.27. The number of aliphatic hydroxyl groups is 1. The second-order valence-corrected chi connectivity index (χ2v) is 8.99. The maximum Gasteiger partial charge on any atom is 0.490 e. The van der Waals surface area contributed by atoms with Crippen LogP contribution in [0.4, 0.5) is 13.2 Å². The topological polar surface area (TPSA) is 110 Å². The normalized spacial score (nSPS) is 28.0. The monoisotopic (exact) mass is 471 g/mol. The zero-order valence-electron chi connectivity index (χ0n) is 18.4. The van der Waals surface area contributed by atoms with Crippen molar-refractivity contribution in [1.29, 1.82) is 0 Å². The molecule has 1 aromatic carbocycles. The van der Waals surface area contributed by atoms with Crippen molar-refractivity contribution in [3.05, 3.63) is 35.4 Å². The first-order chi connectivity index (χ1) is 15.4. The lowest BCUT2D eigenvalue weighted by molar-refractivity contribution is -0.192. The molecule has 2 fully saturated rings. The van der Waals surface area contributed by atoms with Gasteiger partial charge in [0.2, 0.25) is 11.8 Å². The van der Waals surface area contributed by atoms with Crippen LogP contribution in [0.15, 0.2) is 24.3 Å². The molecule has 0 radical (unpaired) electrons. The predicted molar refractivity (Wildman–Crippen MR) is 111 cm³/mol. The number of nitrogens with one attached hydrogen (secondary N) is 1. The summed E-state index contributed by atoms with van der Waals surface area (Å²) in [4.78, 5) is 37.4. The molecular weight excluding hydrogens is 443 g/mol. The smallest absolute Gasteiger partial charge is 0.475 e. The summed E-state index contributed by atoms with van der Waals surface area (Å²) in [5, 5.41) is 19.9. The highest BCUT2D eigenvalue weighted by atomic mass is 19.4. The summed E-state index contributed by atoms with van der Waals surface area (Å²) in [5.74, 6) is -1.99. The standard InChI is InChI=1S/C20H27N3O3.C2HF3O2/c1-22(2)18(25)11-23-9-16-14-5-3-4-6-15(14)19(17(16)10-23)21-20(26)12-7-13(24)8-12;3-2(4,5)1(6)7/h3-6,12-13,16-17,19,24H,7-11H2,1-2H3,(H,21,26);(H,6,7)/t12?,13?,16-,17-,19+;/m0./s1. The maximum atomic E-state index is 12.6. The number of hydrogen-bond donors (Lipinski definition) is 3. The highest BCUT2D eigenvalue weighted by Crippen LogP contribution is 2.49. The summed E-state index contributed by atoms with van der Waals surface area (Å²) in [6.45, 7) is 2.10. The lowest BCUT2D eigenvalue weighted by atomic mass is 9.81. The largest absolute Gasteiger partial charge is 0.490 e. The highest BCUT2D eigenvalue weighted by molar-refractivity contribution is 5.80. The van der Waals surface area contributed by atoms with E-state index in [2.05, 4.69) is 28.4 Å². The van der Waals surface area contributed by atoms with Gasteiger partial charge in [-0.2, -0.15) is 13.2 Å². The maximum absolute atomic E-state index is 12.6. The number of halogens is 3. The number of rotatable bonds is 4. The van der Waals surface area contributed by atoms with Crippen molar-refractivity contribution in [2.45, 2.75) is 37.1 Å². The van der Waals surface area contributed by atoms with Crippen LogP contribution >= 0.6 is 0 Å². The molecule has 0 unspecified atom stereocenters. The molecule has 0 spiro atoms. The Labute approximate surface area is 189 Å². The van der Waals surface area contributed by atoms with Crippen molar-refractivity contribution in [1.82, 2.24) is 15.1 Å². The third kappa shape index (κ3) is 5.64. The van der Waals surface area contributed by atoms with Crippen LogP contribution in [0.5, 0.6) is 0 Å². The average Bonchev–Trinajstić information content (AvgIpc) is 3.23. The van der Waals surface area contributed by atoms with E-state index >= 15 is 0 Å². The van der Waals surface area contributed by atoms with E-state index < -0.39 is 12.1 Å². The summed E-state index contributed by atoms with van der Waals surface area (Å²) >= 11 is 0. The summed E-state index contributed by atoms with van der Waals surface area (Å²) in [5.41, 5.74) is 2.52. The van der Waals surface area contributed by atoms with E-state index in [1.807, 2.05) is 6.07 Å². The van der Waals surface area contributed by atoms with Crippen molar-refractivity contribution in [2.75, 3.05) is 33.7 Å². The highest BCUT2D eigenvalue weighted by Gasteiger charge is 2.47. The Kier molecular flexibility index (Phi) is 7.32. The van der Waals surface area contributed by atoms with Gasteiger partial charge in [0.25, 0.3) is 0 Å². The molecule has 2 aliphatic carbocycles. The fourth-order valence-corrected chi connectivity index (χ4v) is 4.66. The second-order valence-electron chi connectivity index (χ2n) is 8.99. The number of fused-ring (bicyclic) bond motifs is 3. The molecule has 8 nitrogen and oxygen atoms in total. The van der Waals surface area contributed by atoms with Crippen molar-refractivity contribution >= 4 is 17.8 Å². The molecule has 4 rings (SSSR count). The number of amides is 2. The van der Waals surface area contributed by atoms with E-state index in [0.29, 0.717) is 31.2 Å². The van der Waals surface area contributed by atoms with E-state index in [0.717, 1.165) is 13.1 Å². The molecule has 1 aliphatic heterocycles. The van der Waals surface area contributed by atoms with Gasteiger partial charge in [0, 0.05) is 44.9 Å². The van der Waals surface area contributed by atoms with Gasteiger partial charge in [0.05, 0.1) is 18.7 Å². The van der Waals surface area contributed by atoms with Crippen molar-refractivity contribution in [3.63, 3.8) is 0 Å². The van der Waals surface area contributed by atoms with Gasteiger partial charge in [-0.25, -0.2) is 4.79 Å². The number of nitrogens with zero attached hydrogens (tertiary/aromatic N) is 2. The second kappa shape index (κ2) is 9.68. The molecule has 3 aliphatic rings. The van der Waals surface area contributed by atoms with E-state index in [9.17, 15) is 27.9 Å². The summed E-state index contributed by atoms with van der Waals surface area (Å²) in [7, 11) is 3.56. The van der Waals surface area contributed by atoms with Crippen LogP contribution in [0, 0.1) is 11.8 Å². The minimum absolute atomic E-state index is 0.000834. The Hall–Kier alpha value is -2.66. The Bertz CT molecular complexity index is 902. The van der Waals surface area contributed by atoms with Gasteiger partial charge in [0.15, 0.2) is 0 Å². The summed E-state index contributed by atoms with van der Waals surface area (Å²) < 4.78 is 31.7. The van der Waals surface area contributed by atoms with Gasteiger partial charge in [-0.3, -0.25) is 14.5 Å². The molecule has 0 bridgehead atoms. The zero-order chi connectivity index (χ0) is 24.5. The van der Waals surface area contributed by atoms with Crippen molar-refractivity contribution in [3.8, 4) is 0 Å². The minimum Gasteiger partial charge on any atom is -0.475 e. The van der Waals surface area contributed by atoms with Crippen molar-refractivity contribution < 1.29 is 37.8 Å². The molecule has 1 saturated heterocycles. The van der Waals surface area contributed by atoms with E-state index in [1.165, 1.54) is 11.1 Å². The number of aliphatic hydroxyl groups excluding tert-OH is 1. The molecule has 3 atom stereocenters. The van der Waals surface area contributed by atoms with Gasteiger partial charge in [-0.05, 0) is 24.0 Å². The molecule has 1 aromatic rings. The summed E-state index contributed by atoms with van der Waals surface area (Å²) in [6, 6.07) is 8.35. The number of carboxylic acid groups (broad SMARTS) is 1. The number of carbonyl (C=O) groups is 3. The Morgan fingerprint density at radius 2 is 1.70 bits per heavy atom. The molecular formula is C22H28F3N3O5. The van der Waals surface area contributed by atoms with Crippen LogP contribution in [0.25, 0.3) is 0 Å². The SMILES string of the molecule is CN(C)C(=O)CN1C[C@@H]2[C@H](NC(=O)C3CC(O)C3)c3ccccc3[C@@H]2C1.O=C(O)C(F)(F)F. The van der Waals surface area contributed by atoms with E-state index in [-0.39, 0.29) is 29.9 Å². The van der Waals surface area contributed by atoms with Crippen LogP contribution in [-0.2, 0) is 14.4 Å². The lowest BCUT2D eigenvalue weighted by Gasteiger charge is -2.32. The van der Waals surface area contributed by atoms with Gasteiger partial charge < -0.3 is 20.4 Å². The Morgan fingerprint density at radius 1 is 1.12 bits per heavy atom. The number of likely N-dealkylation sites (N-methyl/N-ethyl adjacent to an activating group) is 1. The molecule has 182 valence electrons. The lowest BCUT2D eigenvalue weighted by Crippen LogP contribution is -2.44. The minimum atomic E-state index is -5.08. The molecule has 3 N–H and O–H groups in total. The number of aliphatic carboxylic acids is 1. The van der Waals surface area contributed by atoms with Crippen LogP contribution < -0.4 is 5.32 Å². The van der Waals surface area contributed by atoms with Crippen molar-refractivity contribution in [2.24, 2.45) is 11.8 Å². The average molecular weight is 471 g/mol. The van der Waals surface area contributed by atoms with Gasteiger partial charge in [-0.1, -0.05) is 24.3 Å². The number of likely N-dealkylation sites (tertiary alicyclic amines) is 1. The zero-order valence-corrected chi connectivity index (χ0v) is 18.4. The molecule has 0 aromatic heterocycles. The van der Waals surface area contributed by atoms with Crippen LogP contribution in [-0.4, -0.2) is 83.8 Å². The number of alkyl halides is 3. The van der Waals surface area contributed by atoms with Crippen LogP contribution in [0.2, 0.25) is 0 Å². The third-order valence-corrected chi connectivity index (χ3v) is 6.48.